The number of carbonyl (C=O) groups excluding carboxylic acids is 1. The first-order valence-corrected chi connectivity index (χ1v) is 5.36. The second-order valence-corrected chi connectivity index (χ2v) is 4.04. The Morgan fingerprint density at radius 3 is 3.00 bits per heavy atom. The van der Waals surface area contributed by atoms with Gasteiger partial charge in [0.15, 0.2) is 0 Å². The van der Waals surface area contributed by atoms with Crippen molar-refractivity contribution < 1.29 is 6.22 Å². The molecule has 3 heteroatoms. The summed E-state index contributed by atoms with van der Waals surface area (Å²) in [6, 6.07) is 9.64. The number of benzene rings is 1. The molecule has 3 nitrogen and oxygen atoms in total. The second-order valence-electron chi connectivity index (χ2n) is 4.04. The van der Waals surface area contributed by atoms with Gasteiger partial charge in [0.2, 0.25) is 0 Å². The highest BCUT2D eigenvalue weighted by Crippen LogP contribution is 2.14. The fourth-order valence-corrected chi connectivity index (χ4v) is 1.61. The maximum absolute atomic E-state index is 11.8. The highest BCUT2D eigenvalue weighted by atomic mass is 16.2. The smallest absolute Gasteiger partial charge is 0.337 e. The molecule has 1 atom stereocenters. The molecule has 16 heavy (non-hydrogen) atoms. The molecule has 0 saturated carbocycles. The predicted octanol–water partition coefficient (Wildman–Crippen LogP) is 2.78. The van der Waals surface area contributed by atoms with Gasteiger partial charge in [-0.2, -0.15) is 0 Å². The summed E-state index contributed by atoms with van der Waals surface area (Å²) in [4.78, 5) is 11.8. The number of aromatic nitrogens is 1. The zero-order chi connectivity index (χ0) is 11.5. The lowest BCUT2D eigenvalue weighted by Gasteiger charge is -2.08. The van der Waals surface area contributed by atoms with Gasteiger partial charge in [0, 0.05) is 18.1 Å². The molecule has 0 fully saturated rings. The van der Waals surface area contributed by atoms with Crippen molar-refractivity contribution >= 4 is 16.9 Å². The second kappa shape index (κ2) is 4.39. The van der Waals surface area contributed by atoms with Gasteiger partial charge in [0.1, 0.15) is 0 Å². The topological polar surface area (TPSA) is 34.0 Å². The van der Waals surface area contributed by atoms with Crippen LogP contribution < -0.4 is 5.32 Å². The fraction of sp³-hybridized carbons (Fsp3) is 0.231. The third kappa shape index (κ3) is 2.08. The maximum atomic E-state index is 11.8. The molecule has 1 unspecified atom stereocenters. The van der Waals surface area contributed by atoms with Gasteiger partial charge in [-0.3, -0.25) is 4.57 Å². The van der Waals surface area contributed by atoms with Crippen molar-refractivity contribution in [3.8, 4) is 0 Å². The van der Waals surface area contributed by atoms with Crippen LogP contribution in [0.4, 0.5) is 4.79 Å². The Morgan fingerprint density at radius 1 is 1.50 bits per heavy atom. The monoisotopic (exact) mass is 216 g/mol. The van der Waals surface area contributed by atoms with E-state index in [1.54, 1.807) is 10.8 Å². The van der Waals surface area contributed by atoms with Crippen molar-refractivity contribution in [2.45, 2.75) is 6.92 Å². The number of hydrogen-bond donors (Lipinski definition) is 1. The Morgan fingerprint density at radius 2 is 2.25 bits per heavy atom. The first-order valence-electron chi connectivity index (χ1n) is 5.36. The van der Waals surface area contributed by atoms with E-state index in [-0.39, 0.29) is 13.4 Å². The van der Waals surface area contributed by atoms with Crippen molar-refractivity contribution in [1.29, 1.82) is 0 Å². The summed E-state index contributed by atoms with van der Waals surface area (Å²) in [5, 5.41) is 3.91. The van der Waals surface area contributed by atoms with Crippen LogP contribution in [0, 0.1) is 12.8 Å². The Bertz CT molecular complexity index is 505. The maximum Gasteiger partial charge on any atom is 1.00 e. The largest absolute Gasteiger partial charge is 1.00 e. The Hall–Kier alpha value is -1.77. The molecule has 2 aromatic rings. The minimum atomic E-state index is -0.100. The van der Waals surface area contributed by atoms with Gasteiger partial charge in [-0.05, 0) is 25.0 Å². The molecular formula is C13H16N2O+. The Balaban J connectivity index is 0.00000144. The van der Waals surface area contributed by atoms with E-state index in [1.165, 1.54) is 0 Å². The van der Waals surface area contributed by atoms with Gasteiger partial charge in [-0.15, -0.1) is 0 Å². The van der Waals surface area contributed by atoms with E-state index in [4.69, 9.17) is 0 Å². The van der Waals surface area contributed by atoms with E-state index in [1.807, 2.05) is 37.3 Å². The predicted molar refractivity (Wildman–Crippen MR) is 66.4 cm³/mol. The van der Waals surface area contributed by atoms with Gasteiger partial charge >= 0.3 is 7.46 Å². The van der Waals surface area contributed by atoms with E-state index in [2.05, 4.69) is 12.2 Å². The van der Waals surface area contributed by atoms with E-state index >= 15 is 0 Å². The number of nitrogens with zero attached hydrogens (tertiary/aromatic N) is 1. The summed E-state index contributed by atoms with van der Waals surface area (Å²) in [7, 11) is 0. The van der Waals surface area contributed by atoms with Crippen LogP contribution in [-0.4, -0.2) is 17.1 Å². The standard InChI is InChI=1S/C13H15N2O/c1-10(2)9-14-13(16)15-8-7-11-5-3-4-6-12(11)15/h3-8,10H,1,9H2,2H3,(H,14,16)/p+1. The van der Waals surface area contributed by atoms with Gasteiger partial charge in [0.25, 0.3) is 0 Å². The molecule has 1 N–H and O–H groups in total. The number of rotatable bonds is 2. The van der Waals surface area contributed by atoms with Crippen molar-refractivity contribution in [3.63, 3.8) is 0 Å². The molecule has 1 aromatic heterocycles. The first-order chi connectivity index (χ1) is 7.68. The van der Waals surface area contributed by atoms with Crippen LogP contribution in [0.1, 0.15) is 8.35 Å². The fourth-order valence-electron chi connectivity index (χ4n) is 1.61. The first kappa shape index (κ1) is 10.7. The van der Waals surface area contributed by atoms with Crippen LogP contribution in [0.25, 0.3) is 10.9 Å². The summed E-state index contributed by atoms with van der Waals surface area (Å²) in [5.41, 5.74) is 0.928. The minimum absolute atomic E-state index is 0. The van der Waals surface area contributed by atoms with Crippen LogP contribution in [0.3, 0.4) is 0 Å². The highest BCUT2D eigenvalue weighted by molar-refractivity contribution is 5.91. The highest BCUT2D eigenvalue weighted by Gasteiger charge is 2.07. The van der Waals surface area contributed by atoms with Crippen molar-refractivity contribution in [1.82, 2.24) is 9.88 Å². The van der Waals surface area contributed by atoms with Crippen LogP contribution in [0.5, 0.6) is 0 Å². The minimum Gasteiger partial charge on any atom is -0.337 e. The van der Waals surface area contributed by atoms with E-state index < -0.39 is 0 Å². The molecule has 0 aliphatic carbocycles. The number of para-hydroxylation sites is 1. The average Bonchev–Trinajstić information content (AvgIpc) is 2.69. The van der Waals surface area contributed by atoms with Gasteiger partial charge in [0.05, 0.1) is 5.52 Å². The van der Waals surface area contributed by atoms with Gasteiger partial charge < -0.3 is 5.32 Å². The number of hydrogen-bond acceptors (Lipinski definition) is 1. The lowest BCUT2D eigenvalue weighted by atomic mass is 10.2. The van der Waals surface area contributed by atoms with Crippen molar-refractivity contribution in [2.24, 2.45) is 5.92 Å². The van der Waals surface area contributed by atoms with Crippen LogP contribution in [0.2, 0.25) is 0 Å². The van der Waals surface area contributed by atoms with Gasteiger partial charge in [-0.1, -0.05) is 25.1 Å². The number of amides is 1. The van der Waals surface area contributed by atoms with Crippen LogP contribution in [0.15, 0.2) is 36.5 Å². The molecule has 1 heterocycles. The summed E-state index contributed by atoms with van der Waals surface area (Å²) in [5.74, 6) is 0.214. The zero-order valence-corrected chi connectivity index (χ0v) is 9.31. The summed E-state index contributed by atoms with van der Waals surface area (Å²) in [6.45, 7) is 6.39. The zero-order valence-electron chi connectivity index (χ0n) is 10.3. The molecule has 1 aromatic carbocycles. The molecule has 83 valence electrons. The van der Waals surface area contributed by atoms with E-state index in [0.717, 1.165) is 10.9 Å². The van der Waals surface area contributed by atoms with Crippen molar-refractivity contribution in [2.75, 3.05) is 6.54 Å². The molecule has 2 rings (SSSR count). The Labute approximate surface area is 96.6 Å². The van der Waals surface area contributed by atoms with Crippen molar-refractivity contribution in [3.05, 3.63) is 43.5 Å². The molecule has 0 saturated heterocycles. The van der Waals surface area contributed by atoms with E-state index in [0.29, 0.717) is 6.54 Å². The lowest BCUT2D eigenvalue weighted by Crippen LogP contribution is -2.31. The number of fused-ring (bicyclic) bond motifs is 1. The number of nitrogens with one attached hydrogen (secondary N) is 1. The van der Waals surface area contributed by atoms with Crippen LogP contribution in [-0.2, 0) is 0 Å². The SMILES string of the molecule is [CH2]C(C)CNC(=O)n1ccc2ccccc21.[H+]. The third-order valence-electron chi connectivity index (χ3n) is 2.42. The summed E-state index contributed by atoms with van der Waals surface area (Å²) >= 11 is 0. The number of carbonyl (C=O) groups is 1. The molecule has 1 amide bonds. The molecular weight excluding hydrogens is 200 g/mol. The average molecular weight is 216 g/mol. The molecule has 0 aliphatic heterocycles. The third-order valence-corrected chi connectivity index (χ3v) is 2.42. The van der Waals surface area contributed by atoms with Crippen LogP contribution >= 0.6 is 0 Å². The normalized spacial score (nSPS) is 10.9. The Kier molecular flexibility index (Phi) is 2.95. The summed E-state index contributed by atoms with van der Waals surface area (Å²) < 4.78 is 1.62. The summed E-state index contributed by atoms with van der Waals surface area (Å²) in [6.07, 6.45) is 1.79. The molecule has 0 aliphatic rings. The van der Waals surface area contributed by atoms with Gasteiger partial charge in [-0.25, -0.2) is 4.79 Å². The quantitative estimate of drug-likeness (QED) is 0.822. The van der Waals surface area contributed by atoms with E-state index in [9.17, 15) is 4.79 Å². The molecule has 1 radical (unpaired) electrons. The molecule has 0 bridgehead atoms. The molecule has 0 spiro atoms. The lowest BCUT2D eigenvalue weighted by molar-refractivity contribution is 0.242.